The van der Waals surface area contributed by atoms with Crippen LogP contribution in [0.1, 0.15) is 17.5 Å². The number of benzene rings is 2. The molecule has 0 spiro atoms. The molecule has 0 radical (unpaired) electrons. The maximum Gasteiger partial charge on any atom is 0.145 e. The van der Waals surface area contributed by atoms with E-state index < -0.39 is 0 Å². The maximum absolute atomic E-state index is 13.7. The van der Waals surface area contributed by atoms with Gasteiger partial charge >= 0.3 is 0 Å². The second-order valence-corrected chi connectivity index (χ2v) is 5.21. The van der Waals surface area contributed by atoms with Crippen LogP contribution >= 0.6 is 0 Å². The van der Waals surface area contributed by atoms with Gasteiger partial charge in [-0.1, -0.05) is 35.5 Å². The first-order valence-corrected chi connectivity index (χ1v) is 7.15. The lowest BCUT2D eigenvalue weighted by Gasteiger charge is -2.10. The molecule has 114 valence electrons. The molecule has 2 aromatic carbocycles. The average Bonchev–Trinajstić information content (AvgIpc) is 2.96. The van der Waals surface area contributed by atoms with Gasteiger partial charge in [-0.05, 0) is 23.8 Å². The Morgan fingerprint density at radius 3 is 2.82 bits per heavy atom. The van der Waals surface area contributed by atoms with Crippen molar-refractivity contribution in [1.82, 2.24) is 5.32 Å². The molecule has 1 aliphatic rings. The van der Waals surface area contributed by atoms with Gasteiger partial charge in [0.05, 0.1) is 5.71 Å². The van der Waals surface area contributed by atoms with Gasteiger partial charge in [-0.25, -0.2) is 8.78 Å². The maximum atomic E-state index is 13.7. The molecule has 0 amide bonds. The summed E-state index contributed by atoms with van der Waals surface area (Å²) in [5.74, 6) is -0.542. The first kappa shape index (κ1) is 14.7. The van der Waals surface area contributed by atoms with Crippen molar-refractivity contribution in [1.29, 1.82) is 0 Å². The molecule has 0 aliphatic carbocycles. The Labute approximate surface area is 127 Å². The Balaban J connectivity index is 1.50. The summed E-state index contributed by atoms with van der Waals surface area (Å²) in [7, 11) is 0. The Morgan fingerprint density at radius 1 is 1.14 bits per heavy atom. The molecular formula is C17H16F2N2O. The standard InChI is InChI=1S/C17H16F2N2O/c18-13-5-3-4-12(8-13)10-20-11-14-9-17(21-22-14)15-6-1-2-7-16(15)19/h1-8,14,20H,9-11H2. The number of hydrogen-bond acceptors (Lipinski definition) is 3. The minimum Gasteiger partial charge on any atom is -0.390 e. The van der Waals surface area contributed by atoms with Crippen molar-refractivity contribution in [2.45, 2.75) is 19.1 Å². The Bertz CT molecular complexity index is 688. The molecule has 1 atom stereocenters. The zero-order chi connectivity index (χ0) is 15.4. The van der Waals surface area contributed by atoms with Crippen molar-refractivity contribution < 1.29 is 13.6 Å². The molecule has 0 fully saturated rings. The van der Waals surface area contributed by atoms with Crippen LogP contribution in [-0.4, -0.2) is 18.4 Å². The van der Waals surface area contributed by atoms with Crippen LogP contribution < -0.4 is 5.32 Å². The summed E-state index contributed by atoms with van der Waals surface area (Å²) in [5.41, 5.74) is 1.97. The molecule has 0 aromatic heterocycles. The van der Waals surface area contributed by atoms with Gasteiger partial charge in [0.2, 0.25) is 0 Å². The zero-order valence-corrected chi connectivity index (χ0v) is 11.9. The van der Waals surface area contributed by atoms with E-state index in [4.69, 9.17) is 4.84 Å². The lowest BCUT2D eigenvalue weighted by molar-refractivity contribution is 0.0848. The molecule has 1 aliphatic heterocycles. The SMILES string of the molecule is Fc1cccc(CNCC2CC(c3ccccc3F)=NO2)c1. The summed E-state index contributed by atoms with van der Waals surface area (Å²) in [6, 6.07) is 13.0. The molecule has 2 aromatic rings. The lowest BCUT2D eigenvalue weighted by atomic mass is 10.0. The third kappa shape index (κ3) is 3.49. The molecule has 1 unspecified atom stereocenters. The Hall–Kier alpha value is -2.27. The number of nitrogens with one attached hydrogen (secondary N) is 1. The predicted octanol–water partition coefficient (Wildman–Crippen LogP) is 3.25. The van der Waals surface area contributed by atoms with E-state index >= 15 is 0 Å². The van der Waals surface area contributed by atoms with Gasteiger partial charge in [-0.2, -0.15) is 0 Å². The summed E-state index contributed by atoms with van der Waals surface area (Å²) in [4.78, 5) is 5.32. The van der Waals surface area contributed by atoms with Crippen LogP contribution in [0.2, 0.25) is 0 Å². The van der Waals surface area contributed by atoms with Crippen molar-refractivity contribution in [3.8, 4) is 0 Å². The molecule has 3 nitrogen and oxygen atoms in total. The second-order valence-electron chi connectivity index (χ2n) is 5.21. The van der Waals surface area contributed by atoms with Crippen LogP contribution in [0.3, 0.4) is 0 Å². The summed E-state index contributed by atoms with van der Waals surface area (Å²) in [6.45, 7) is 1.12. The van der Waals surface area contributed by atoms with Crippen molar-refractivity contribution in [3.05, 3.63) is 71.3 Å². The van der Waals surface area contributed by atoms with E-state index in [-0.39, 0.29) is 17.7 Å². The second kappa shape index (κ2) is 6.66. The fourth-order valence-electron chi connectivity index (χ4n) is 2.42. The highest BCUT2D eigenvalue weighted by Crippen LogP contribution is 2.18. The van der Waals surface area contributed by atoms with Crippen LogP contribution in [0.4, 0.5) is 8.78 Å². The number of nitrogens with zero attached hydrogens (tertiary/aromatic N) is 1. The van der Waals surface area contributed by atoms with E-state index in [0.717, 1.165) is 5.56 Å². The highest BCUT2D eigenvalue weighted by Gasteiger charge is 2.23. The van der Waals surface area contributed by atoms with E-state index in [1.54, 1.807) is 24.3 Å². The van der Waals surface area contributed by atoms with E-state index in [0.29, 0.717) is 30.8 Å². The van der Waals surface area contributed by atoms with Crippen LogP contribution in [-0.2, 0) is 11.4 Å². The van der Waals surface area contributed by atoms with E-state index in [2.05, 4.69) is 10.5 Å². The van der Waals surface area contributed by atoms with E-state index in [1.807, 2.05) is 6.07 Å². The molecule has 0 saturated carbocycles. The average molecular weight is 302 g/mol. The van der Waals surface area contributed by atoms with Gasteiger partial charge in [0.25, 0.3) is 0 Å². The number of oxime groups is 1. The monoisotopic (exact) mass is 302 g/mol. The quantitative estimate of drug-likeness (QED) is 0.920. The fraction of sp³-hybridized carbons (Fsp3) is 0.235. The first-order chi connectivity index (χ1) is 10.7. The van der Waals surface area contributed by atoms with E-state index in [1.165, 1.54) is 18.2 Å². The summed E-state index contributed by atoms with van der Waals surface area (Å²) < 4.78 is 26.8. The molecule has 1 heterocycles. The zero-order valence-electron chi connectivity index (χ0n) is 11.9. The van der Waals surface area contributed by atoms with Crippen LogP contribution in [0, 0.1) is 11.6 Å². The van der Waals surface area contributed by atoms with Gasteiger partial charge in [-0.3, -0.25) is 0 Å². The van der Waals surface area contributed by atoms with Gasteiger partial charge in [0.15, 0.2) is 0 Å². The topological polar surface area (TPSA) is 33.6 Å². The third-order valence-corrected chi connectivity index (χ3v) is 3.51. The van der Waals surface area contributed by atoms with Crippen LogP contribution in [0.15, 0.2) is 53.7 Å². The molecule has 0 saturated heterocycles. The van der Waals surface area contributed by atoms with Crippen LogP contribution in [0.5, 0.6) is 0 Å². The largest absolute Gasteiger partial charge is 0.390 e. The minimum absolute atomic E-state index is 0.136. The van der Waals surface area contributed by atoms with Gasteiger partial charge in [-0.15, -0.1) is 0 Å². The Kier molecular flexibility index (Phi) is 4.44. The number of rotatable bonds is 5. The third-order valence-electron chi connectivity index (χ3n) is 3.51. The number of hydrogen-bond donors (Lipinski definition) is 1. The molecule has 5 heteroatoms. The predicted molar refractivity (Wildman–Crippen MR) is 80.5 cm³/mol. The van der Waals surface area contributed by atoms with Crippen molar-refractivity contribution in [2.75, 3.05) is 6.54 Å². The van der Waals surface area contributed by atoms with E-state index in [9.17, 15) is 8.78 Å². The fourth-order valence-corrected chi connectivity index (χ4v) is 2.42. The van der Waals surface area contributed by atoms with Gasteiger partial charge < -0.3 is 10.2 Å². The number of halogens is 2. The van der Waals surface area contributed by atoms with Crippen molar-refractivity contribution in [3.63, 3.8) is 0 Å². The summed E-state index contributed by atoms with van der Waals surface area (Å²) in [6.07, 6.45) is 0.417. The first-order valence-electron chi connectivity index (χ1n) is 7.15. The highest BCUT2D eigenvalue weighted by molar-refractivity contribution is 6.01. The normalized spacial score (nSPS) is 17.2. The van der Waals surface area contributed by atoms with Crippen molar-refractivity contribution >= 4 is 5.71 Å². The minimum atomic E-state index is -0.293. The molecule has 0 bridgehead atoms. The summed E-state index contributed by atoms with van der Waals surface area (Å²) in [5, 5.41) is 7.16. The lowest BCUT2D eigenvalue weighted by Crippen LogP contribution is -2.26. The highest BCUT2D eigenvalue weighted by atomic mass is 19.1. The van der Waals surface area contributed by atoms with Crippen LogP contribution in [0.25, 0.3) is 0 Å². The summed E-state index contributed by atoms with van der Waals surface area (Å²) >= 11 is 0. The molecule has 22 heavy (non-hydrogen) atoms. The molecular weight excluding hydrogens is 286 g/mol. The molecule has 3 rings (SSSR count). The Morgan fingerprint density at radius 2 is 2.00 bits per heavy atom. The van der Waals surface area contributed by atoms with Gasteiger partial charge in [0.1, 0.15) is 17.7 Å². The van der Waals surface area contributed by atoms with Gasteiger partial charge in [0, 0.05) is 25.1 Å². The molecule has 1 N–H and O–H groups in total. The smallest absolute Gasteiger partial charge is 0.145 e. The van der Waals surface area contributed by atoms with Crippen molar-refractivity contribution in [2.24, 2.45) is 5.16 Å².